The van der Waals surface area contributed by atoms with Gasteiger partial charge in [-0.1, -0.05) is 17.7 Å². The Balaban J connectivity index is 2.13. The van der Waals surface area contributed by atoms with Crippen LogP contribution in [0.3, 0.4) is 0 Å². The number of aryl methyl sites for hydroxylation is 2. The molecule has 1 aliphatic rings. The fourth-order valence-corrected chi connectivity index (χ4v) is 3.04. The number of nitrogens with one attached hydrogen (secondary N) is 1. The van der Waals surface area contributed by atoms with Crippen molar-refractivity contribution in [1.29, 1.82) is 0 Å². The molecule has 1 aromatic carbocycles. The van der Waals surface area contributed by atoms with Crippen molar-refractivity contribution in [2.75, 3.05) is 19.0 Å². The second-order valence-corrected chi connectivity index (χ2v) is 5.79. The molecule has 2 aromatic rings. The Morgan fingerprint density at radius 1 is 1.29 bits per heavy atom. The molecule has 0 bridgehead atoms. The van der Waals surface area contributed by atoms with Crippen molar-refractivity contribution in [3.05, 3.63) is 40.6 Å². The van der Waals surface area contributed by atoms with Gasteiger partial charge < -0.3 is 10.1 Å². The van der Waals surface area contributed by atoms with Gasteiger partial charge in [0.05, 0.1) is 18.0 Å². The molecule has 1 N–H and O–H groups in total. The zero-order chi connectivity index (χ0) is 14.8. The largest absolute Gasteiger partial charge is 0.378 e. The third-order valence-electron chi connectivity index (χ3n) is 4.07. The van der Waals surface area contributed by atoms with E-state index in [1.54, 1.807) is 7.11 Å². The van der Waals surface area contributed by atoms with Gasteiger partial charge in [0.1, 0.15) is 5.82 Å². The van der Waals surface area contributed by atoms with E-state index in [0.29, 0.717) is 6.61 Å². The SMILES string of the molecule is COCc1nn(-c2ccc(C)cc2C)c2c1CCCCN2. The van der Waals surface area contributed by atoms with E-state index in [-0.39, 0.29) is 0 Å². The summed E-state index contributed by atoms with van der Waals surface area (Å²) in [4.78, 5) is 0. The van der Waals surface area contributed by atoms with Crippen LogP contribution >= 0.6 is 0 Å². The van der Waals surface area contributed by atoms with Crippen LogP contribution in [0.25, 0.3) is 5.69 Å². The smallest absolute Gasteiger partial charge is 0.133 e. The maximum atomic E-state index is 5.33. The lowest BCUT2D eigenvalue weighted by molar-refractivity contribution is 0.180. The molecule has 0 unspecified atom stereocenters. The van der Waals surface area contributed by atoms with Crippen LogP contribution < -0.4 is 5.32 Å². The normalized spacial score (nSPS) is 14.4. The molecule has 0 spiro atoms. The molecule has 4 nitrogen and oxygen atoms in total. The average molecular weight is 285 g/mol. The van der Waals surface area contributed by atoms with Gasteiger partial charge in [-0.25, -0.2) is 4.68 Å². The monoisotopic (exact) mass is 285 g/mol. The van der Waals surface area contributed by atoms with Gasteiger partial charge in [0.25, 0.3) is 0 Å². The molecule has 3 rings (SSSR count). The molecule has 0 amide bonds. The lowest BCUT2D eigenvalue weighted by Gasteiger charge is -2.12. The third kappa shape index (κ3) is 2.68. The summed E-state index contributed by atoms with van der Waals surface area (Å²) in [5, 5.41) is 8.37. The molecule has 0 saturated heterocycles. The summed E-state index contributed by atoms with van der Waals surface area (Å²) in [6.07, 6.45) is 3.48. The van der Waals surface area contributed by atoms with Gasteiger partial charge in [-0.05, 0) is 44.7 Å². The minimum atomic E-state index is 0.571. The summed E-state index contributed by atoms with van der Waals surface area (Å²) < 4.78 is 7.39. The van der Waals surface area contributed by atoms with Crippen LogP contribution in [0.15, 0.2) is 18.2 Å². The molecule has 112 valence electrons. The molecule has 0 fully saturated rings. The first kappa shape index (κ1) is 14.1. The summed E-state index contributed by atoms with van der Waals surface area (Å²) in [5.41, 5.74) is 6.04. The standard InChI is InChI=1S/C17H23N3O/c1-12-7-8-16(13(2)10-12)20-17-14(6-4-5-9-18-17)15(19-20)11-21-3/h7-8,10,18H,4-6,9,11H2,1-3H3. The minimum Gasteiger partial charge on any atom is -0.378 e. The van der Waals surface area contributed by atoms with Crippen molar-refractivity contribution >= 4 is 5.82 Å². The first-order valence-corrected chi connectivity index (χ1v) is 7.62. The van der Waals surface area contributed by atoms with Gasteiger partial charge in [0.15, 0.2) is 0 Å². The predicted molar refractivity (Wildman–Crippen MR) is 85.2 cm³/mol. The molecule has 1 aliphatic heterocycles. The molecule has 0 aliphatic carbocycles. The Bertz CT molecular complexity index is 646. The number of hydrogen-bond acceptors (Lipinski definition) is 3. The number of methoxy groups -OCH3 is 1. The topological polar surface area (TPSA) is 39.1 Å². The van der Waals surface area contributed by atoms with Crippen LogP contribution in [0.1, 0.15) is 35.2 Å². The number of hydrogen-bond donors (Lipinski definition) is 1. The number of fused-ring (bicyclic) bond motifs is 1. The Morgan fingerprint density at radius 3 is 2.90 bits per heavy atom. The summed E-state index contributed by atoms with van der Waals surface area (Å²) >= 11 is 0. The van der Waals surface area contributed by atoms with Crippen molar-refractivity contribution in [1.82, 2.24) is 9.78 Å². The van der Waals surface area contributed by atoms with Crippen LogP contribution in [0.4, 0.5) is 5.82 Å². The highest BCUT2D eigenvalue weighted by molar-refractivity contribution is 5.56. The van der Waals surface area contributed by atoms with Crippen LogP contribution in [0.2, 0.25) is 0 Å². The van der Waals surface area contributed by atoms with Gasteiger partial charge in [0.2, 0.25) is 0 Å². The van der Waals surface area contributed by atoms with Crippen LogP contribution in [0, 0.1) is 13.8 Å². The van der Waals surface area contributed by atoms with E-state index in [2.05, 4.69) is 42.0 Å². The first-order chi connectivity index (χ1) is 10.2. The van der Waals surface area contributed by atoms with Crippen molar-refractivity contribution in [3.63, 3.8) is 0 Å². The lowest BCUT2D eigenvalue weighted by Crippen LogP contribution is -2.08. The first-order valence-electron chi connectivity index (χ1n) is 7.62. The number of aromatic nitrogens is 2. The Hall–Kier alpha value is -1.81. The van der Waals surface area contributed by atoms with Gasteiger partial charge in [-0.2, -0.15) is 5.10 Å². The second-order valence-electron chi connectivity index (χ2n) is 5.79. The maximum absolute atomic E-state index is 5.33. The van der Waals surface area contributed by atoms with Crippen LogP contribution in [-0.4, -0.2) is 23.4 Å². The quantitative estimate of drug-likeness (QED) is 0.939. The van der Waals surface area contributed by atoms with Crippen molar-refractivity contribution < 1.29 is 4.74 Å². The fraction of sp³-hybridized carbons (Fsp3) is 0.471. The zero-order valence-corrected chi connectivity index (χ0v) is 13.1. The molecule has 21 heavy (non-hydrogen) atoms. The number of ether oxygens (including phenoxy) is 1. The minimum absolute atomic E-state index is 0.571. The Kier molecular flexibility index (Phi) is 3.97. The van der Waals surface area contributed by atoms with E-state index in [1.807, 2.05) is 0 Å². The van der Waals surface area contributed by atoms with Crippen LogP contribution in [-0.2, 0) is 17.8 Å². The number of anilines is 1. The van der Waals surface area contributed by atoms with Gasteiger partial charge >= 0.3 is 0 Å². The van der Waals surface area contributed by atoms with Crippen molar-refractivity contribution in [2.45, 2.75) is 39.7 Å². The molecule has 0 saturated carbocycles. The molecule has 0 radical (unpaired) electrons. The fourth-order valence-electron chi connectivity index (χ4n) is 3.04. The van der Waals surface area contributed by atoms with Gasteiger partial charge in [-0.15, -0.1) is 0 Å². The second kappa shape index (κ2) is 5.90. The molecule has 4 heteroatoms. The van der Waals surface area contributed by atoms with Gasteiger partial charge in [-0.3, -0.25) is 0 Å². The zero-order valence-electron chi connectivity index (χ0n) is 13.1. The van der Waals surface area contributed by atoms with E-state index >= 15 is 0 Å². The number of benzene rings is 1. The summed E-state index contributed by atoms with van der Waals surface area (Å²) in [5.74, 6) is 1.14. The predicted octanol–water partition coefficient (Wildman–Crippen LogP) is 3.38. The maximum Gasteiger partial charge on any atom is 0.133 e. The van der Waals surface area contributed by atoms with E-state index < -0.39 is 0 Å². The summed E-state index contributed by atoms with van der Waals surface area (Å²) in [7, 11) is 1.73. The summed E-state index contributed by atoms with van der Waals surface area (Å²) in [6, 6.07) is 6.50. The highest BCUT2D eigenvalue weighted by Crippen LogP contribution is 2.29. The van der Waals surface area contributed by atoms with E-state index in [9.17, 15) is 0 Å². The molecular weight excluding hydrogens is 262 g/mol. The third-order valence-corrected chi connectivity index (χ3v) is 4.07. The average Bonchev–Trinajstić information content (AvgIpc) is 2.64. The van der Waals surface area contributed by atoms with Gasteiger partial charge in [0, 0.05) is 19.2 Å². The number of nitrogens with zero attached hydrogens (tertiary/aromatic N) is 2. The van der Waals surface area contributed by atoms with Crippen LogP contribution in [0.5, 0.6) is 0 Å². The lowest BCUT2D eigenvalue weighted by atomic mass is 10.1. The highest BCUT2D eigenvalue weighted by atomic mass is 16.5. The molecular formula is C17H23N3O. The summed E-state index contributed by atoms with van der Waals surface area (Å²) in [6.45, 7) is 5.84. The molecule has 2 heterocycles. The van der Waals surface area contributed by atoms with Crippen molar-refractivity contribution in [2.24, 2.45) is 0 Å². The molecule has 1 aromatic heterocycles. The van der Waals surface area contributed by atoms with Crippen molar-refractivity contribution in [3.8, 4) is 5.69 Å². The Labute approximate surface area is 126 Å². The van der Waals surface area contributed by atoms with E-state index in [4.69, 9.17) is 9.84 Å². The number of rotatable bonds is 3. The van der Waals surface area contributed by atoms with E-state index in [0.717, 1.165) is 30.2 Å². The molecule has 0 atom stereocenters. The van der Waals surface area contributed by atoms with E-state index in [1.165, 1.54) is 29.5 Å². The highest BCUT2D eigenvalue weighted by Gasteiger charge is 2.21. The Morgan fingerprint density at radius 2 is 2.14 bits per heavy atom.